The normalized spacial score (nSPS) is 21.7. The molecular formula is C22H24O5. The van der Waals surface area contributed by atoms with Crippen molar-refractivity contribution in [2.45, 2.75) is 31.5 Å². The molecule has 0 spiro atoms. The Kier molecular flexibility index (Phi) is 7.16. The van der Waals surface area contributed by atoms with Gasteiger partial charge in [-0.25, -0.2) is 4.79 Å². The van der Waals surface area contributed by atoms with Gasteiger partial charge in [0, 0.05) is 0 Å². The summed E-state index contributed by atoms with van der Waals surface area (Å²) >= 11 is 0. The monoisotopic (exact) mass is 368 g/mol. The lowest BCUT2D eigenvalue weighted by atomic mass is 10.1. The van der Waals surface area contributed by atoms with Crippen LogP contribution in [0.4, 0.5) is 0 Å². The maximum Gasteiger partial charge on any atom is 0.338 e. The largest absolute Gasteiger partial charge is 0.459 e. The highest BCUT2D eigenvalue weighted by molar-refractivity contribution is 5.76. The maximum atomic E-state index is 12.3. The van der Waals surface area contributed by atoms with E-state index in [1.807, 2.05) is 60.7 Å². The summed E-state index contributed by atoms with van der Waals surface area (Å²) < 4.78 is 22.8. The van der Waals surface area contributed by atoms with E-state index in [1.165, 1.54) is 6.08 Å². The SMILES string of the molecule is C=CCOC(=O)[C@H]1OC[C@@H](OCc2ccccc2)[C@@H]1OCc1ccccc1. The van der Waals surface area contributed by atoms with E-state index in [0.717, 1.165) is 11.1 Å². The molecule has 1 aliphatic heterocycles. The van der Waals surface area contributed by atoms with E-state index in [0.29, 0.717) is 13.2 Å². The molecule has 1 saturated heterocycles. The molecule has 0 saturated carbocycles. The van der Waals surface area contributed by atoms with Crippen LogP contribution in [0, 0.1) is 0 Å². The van der Waals surface area contributed by atoms with Crippen LogP contribution in [0.3, 0.4) is 0 Å². The van der Waals surface area contributed by atoms with E-state index in [9.17, 15) is 4.79 Å². The first-order valence-electron chi connectivity index (χ1n) is 8.98. The molecule has 1 aliphatic rings. The highest BCUT2D eigenvalue weighted by Gasteiger charge is 2.44. The Morgan fingerprint density at radius 1 is 1.00 bits per heavy atom. The quantitative estimate of drug-likeness (QED) is 0.502. The molecule has 5 nitrogen and oxygen atoms in total. The van der Waals surface area contributed by atoms with Crippen LogP contribution in [0.1, 0.15) is 11.1 Å². The van der Waals surface area contributed by atoms with Crippen LogP contribution in [0.15, 0.2) is 73.3 Å². The molecule has 3 rings (SSSR count). The third kappa shape index (κ3) is 5.50. The van der Waals surface area contributed by atoms with E-state index < -0.39 is 18.2 Å². The Morgan fingerprint density at radius 2 is 1.59 bits per heavy atom. The van der Waals surface area contributed by atoms with E-state index in [-0.39, 0.29) is 19.3 Å². The fourth-order valence-corrected chi connectivity index (χ4v) is 2.89. The molecule has 27 heavy (non-hydrogen) atoms. The van der Waals surface area contributed by atoms with Gasteiger partial charge >= 0.3 is 5.97 Å². The zero-order valence-electron chi connectivity index (χ0n) is 15.2. The summed E-state index contributed by atoms with van der Waals surface area (Å²) in [5.74, 6) is -0.459. The van der Waals surface area contributed by atoms with Crippen molar-refractivity contribution in [1.29, 1.82) is 0 Å². The summed E-state index contributed by atoms with van der Waals surface area (Å²) in [7, 11) is 0. The molecule has 0 aliphatic carbocycles. The minimum Gasteiger partial charge on any atom is -0.459 e. The standard InChI is InChI=1S/C22H24O5/c1-2-13-24-22(23)21-20(26-15-18-11-7-4-8-12-18)19(16-27-21)25-14-17-9-5-3-6-10-17/h2-12,19-21H,1,13-16H2/t19-,20+,21+/m1/s1. The van der Waals surface area contributed by atoms with Gasteiger partial charge in [0.2, 0.25) is 0 Å². The predicted octanol–water partition coefficient (Wildman–Crippen LogP) is 3.29. The van der Waals surface area contributed by atoms with Gasteiger partial charge in [0.05, 0.1) is 19.8 Å². The van der Waals surface area contributed by atoms with Crippen molar-refractivity contribution in [2.75, 3.05) is 13.2 Å². The molecule has 142 valence electrons. The minimum absolute atomic E-state index is 0.139. The Bertz CT molecular complexity index is 716. The average molecular weight is 368 g/mol. The van der Waals surface area contributed by atoms with E-state index in [1.54, 1.807) is 0 Å². The number of carbonyl (C=O) groups is 1. The molecule has 5 heteroatoms. The van der Waals surface area contributed by atoms with Crippen LogP contribution in [0.2, 0.25) is 0 Å². The smallest absolute Gasteiger partial charge is 0.338 e. The van der Waals surface area contributed by atoms with Crippen molar-refractivity contribution in [3.8, 4) is 0 Å². The molecular weight excluding hydrogens is 344 g/mol. The molecule has 0 N–H and O–H groups in total. The van der Waals surface area contributed by atoms with Crippen LogP contribution in [0.25, 0.3) is 0 Å². The summed E-state index contributed by atoms with van der Waals surface area (Å²) in [6, 6.07) is 19.7. The molecule has 0 unspecified atom stereocenters. The second-order valence-electron chi connectivity index (χ2n) is 6.27. The third-order valence-corrected chi connectivity index (χ3v) is 4.27. The maximum absolute atomic E-state index is 12.3. The zero-order chi connectivity index (χ0) is 18.9. The van der Waals surface area contributed by atoms with E-state index in [2.05, 4.69) is 6.58 Å². The van der Waals surface area contributed by atoms with Crippen molar-refractivity contribution in [3.05, 3.63) is 84.4 Å². The van der Waals surface area contributed by atoms with E-state index >= 15 is 0 Å². The number of benzene rings is 2. The second-order valence-corrected chi connectivity index (χ2v) is 6.27. The molecule has 2 aromatic rings. The molecule has 0 amide bonds. The number of carbonyl (C=O) groups excluding carboxylic acids is 1. The predicted molar refractivity (Wildman–Crippen MR) is 101 cm³/mol. The Balaban J connectivity index is 1.64. The number of ether oxygens (including phenoxy) is 4. The second kappa shape index (κ2) is 10.0. The van der Waals surface area contributed by atoms with Crippen molar-refractivity contribution in [2.24, 2.45) is 0 Å². The van der Waals surface area contributed by atoms with Crippen LogP contribution < -0.4 is 0 Å². The number of hydrogen-bond acceptors (Lipinski definition) is 5. The zero-order valence-corrected chi connectivity index (χ0v) is 15.2. The first kappa shape index (κ1) is 19.3. The number of rotatable bonds is 9. The number of hydrogen-bond donors (Lipinski definition) is 0. The summed E-state index contributed by atoms with van der Waals surface area (Å²) in [4.78, 5) is 12.3. The van der Waals surface area contributed by atoms with Gasteiger partial charge in [-0.2, -0.15) is 0 Å². The average Bonchev–Trinajstić information content (AvgIpc) is 3.13. The summed E-state index contributed by atoms with van der Waals surface area (Å²) in [5, 5.41) is 0. The topological polar surface area (TPSA) is 54.0 Å². The van der Waals surface area contributed by atoms with Crippen molar-refractivity contribution in [1.82, 2.24) is 0 Å². The summed E-state index contributed by atoms with van der Waals surface area (Å²) in [5.41, 5.74) is 2.07. The third-order valence-electron chi connectivity index (χ3n) is 4.27. The van der Waals surface area contributed by atoms with Gasteiger partial charge in [-0.05, 0) is 11.1 Å². The summed E-state index contributed by atoms with van der Waals surface area (Å²) in [6.45, 7) is 4.77. The fourth-order valence-electron chi connectivity index (χ4n) is 2.89. The number of esters is 1. The van der Waals surface area contributed by atoms with Crippen molar-refractivity contribution < 1.29 is 23.7 Å². The van der Waals surface area contributed by atoms with Crippen LogP contribution >= 0.6 is 0 Å². The van der Waals surface area contributed by atoms with Crippen molar-refractivity contribution >= 4 is 5.97 Å². The molecule has 0 aromatic heterocycles. The van der Waals surface area contributed by atoms with Gasteiger partial charge in [-0.3, -0.25) is 0 Å². The molecule has 1 heterocycles. The first-order chi connectivity index (χ1) is 13.3. The van der Waals surface area contributed by atoms with Crippen LogP contribution in [-0.4, -0.2) is 37.5 Å². The van der Waals surface area contributed by atoms with Gasteiger partial charge in [-0.15, -0.1) is 0 Å². The van der Waals surface area contributed by atoms with Gasteiger partial charge in [-0.1, -0.05) is 73.3 Å². The highest BCUT2D eigenvalue weighted by Crippen LogP contribution is 2.24. The highest BCUT2D eigenvalue weighted by atomic mass is 16.6. The molecule has 0 bridgehead atoms. The Morgan fingerprint density at radius 3 is 2.19 bits per heavy atom. The molecule has 2 aromatic carbocycles. The fraction of sp³-hybridized carbons (Fsp3) is 0.318. The molecule has 3 atom stereocenters. The van der Waals surface area contributed by atoms with Gasteiger partial charge in [0.25, 0.3) is 0 Å². The van der Waals surface area contributed by atoms with Gasteiger partial charge in [0.1, 0.15) is 18.8 Å². The Hall–Kier alpha value is -2.47. The van der Waals surface area contributed by atoms with Crippen molar-refractivity contribution in [3.63, 3.8) is 0 Å². The lowest BCUT2D eigenvalue weighted by molar-refractivity contribution is -0.160. The van der Waals surface area contributed by atoms with Gasteiger partial charge in [0.15, 0.2) is 6.10 Å². The van der Waals surface area contributed by atoms with Crippen LogP contribution in [-0.2, 0) is 37.0 Å². The first-order valence-corrected chi connectivity index (χ1v) is 8.98. The summed E-state index contributed by atoms with van der Waals surface area (Å²) in [6.07, 6.45) is -0.174. The van der Waals surface area contributed by atoms with Gasteiger partial charge < -0.3 is 18.9 Å². The molecule has 0 radical (unpaired) electrons. The van der Waals surface area contributed by atoms with Crippen LogP contribution in [0.5, 0.6) is 0 Å². The minimum atomic E-state index is -0.811. The lowest BCUT2D eigenvalue weighted by Crippen LogP contribution is -2.40. The lowest BCUT2D eigenvalue weighted by Gasteiger charge is -2.22. The van der Waals surface area contributed by atoms with E-state index in [4.69, 9.17) is 18.9 Å². The Labute approximate surface area is 159 Å². The molecule has 1 fully saturated rings.